The van der Waals surface area contributed by atoms with E-state index in [0.29, 0.717) is 30.8 Å². The lowest BCUT2D eigenvalue weighted by Gasteiger charge is -2.34. The molecule has 1 fully saturated rings. The fourth-order valence-electron chi connectivity index (χ4n) is 2.73. The SMILES string of the molecule is CC1CN(S(=O)(=O)c2ccccc2-c2ccno2)CCC1N. The lowest BCUT2D eigenvalue weighted by Crippen LogP contribution is -2.48. The Bertz CT molecular complexity index is 743. The third-order valence-electron chi connectivity index (χ3n) is 4.14. The highest BCUT2D eigenvalue weighted by atomic mass is 32.2. The summed E-state index contributed by atoms with van der Waals surface area (Å²) in [5.74, 6) is 0.585. The maximum atomic E-state index is 13.0. The molecule has 1 aliphatic rings. The highest BCUT2D eigenvalue weighted by Gasteiger charge is 2.33. The number of nitrogens with two attached hydrogens (primary N) is 1. The summed E-state index contributed by atoms with van der Waals surface area (Å²) < 4.78 is 32.6. The summed E-state index contributed by atoms with van der Waals surface area (Å²) >= 11 is 0. The quantitative estimate of drug-likeness (QED) is 0.929. The zero-order valence-corrected chi connectivity index (χ0v) is 13.2. The van der Waals surface area contributed by atoms with Crippen LogP contribution < -0.4 is 5.73 Å². The number of nitrogens with zero attached hydrogens (tertiary/aromatic N) is 2. The van der Waals surface area contributed by atoms with Gasteiger partial charge in [-0.3, -0.25) is 0 Å². The van der Waals surface area contributed by atoms with Gasteiger partial charge in [-0.2, -0.15) is 4.31 Å². The van der Waals surface area contributed by atoms with Gasteiger partial charge in [0.15, 0.2) is 5.76 Å². The van der Waals surface area contributed by atoms with Crippen LogP contribution in [-0.2, 0) is 10.0 Å². The van der Waals surface area contributed by atoms with Gasteiger partial charge in [-0.1, -0.05) is 24.2 Å². The van der Waals surface area contributed by atoms with E-state index in [1.165, 1.54) is 10.5 Å². The Kier molecular flexibility index (Phi) is 4.03. The number of aromatic nitrogens is 1. The zero-order valence-electron chi connectivity index (χ0n) is 12.3. The maximum Gasteiger partial charge on any atom is 0.243 e. The van der Waals surface area contributed by atoms with Crippen molar-refractivity contribution in [2.24, 2.45) is 11.7 Å². The molecule has 0 aliphatic carbocycles. The van der Waals surface area contributed by atoms with E-state index in [9.17, 15) is 8.42 Å². The largest absolute Gasteiger partial charge is 0.356 e. The van der Waals surface area contributed by atoms with Gasteiger partial charge in [-0.05, 0) is 24.5 Å². The number of sulfonamides is 1. The van der Waals surface area contributed by atoms with Crippen molar-refractivity contribution in [3.05, 3.63) is 36.5 Å². The van der Waals surface area contributed by atoms with Gasteiger partial charge in [0, 0.05) is 30.8 Å². The summed E-state index contributed by atoms with van der Waals surface area (Å²) in [6, 6.07) is 8.54. The molecule has 7 heteroatoms. The van der Waals surface area contributed by atoms with Gasteiger partial charge in [0.25, 0.3) is 0 Å². The summed E-state index contributed by atoms with van der Waals surface area (Å²) in [6.45, 7) is 2.86. The van der Waals surface area contributed by atoms with Crippen molar-refractivity contribution in [3.63, 3.8) is 0 Å². The molecule has 0 amide bonds. The van der Waals surface area contributed by atoms with E-state index in [4.69, 9.17) is 10.3 Å². The first kappa shape index (κ1) is 15.2. The molecular weight excluding hydrogens is 302 g/mol. The van der Waals surface area contributed by atoms with E-state index in [-0.39, 0.29) is 16.9 Å². The molecule has 6 nitrogen and oxygen atoms in total. The summed E-state index contributed by atoms with van der Waals surface area (Å²) in [5.41, 5.74) is 6.51. The highest BCUT2D eigenvalue weighted by molar-refractivity contribution is 7.89. The average Bonchev–Trinajstić information content (AvgIpc) is 3.04. The number of hydrogen-bond acceptors (Lipinski definition) is 5. The monoisotopic (exact) mass is 321 g/mol. The molecule has 1 aliphatic heterocycles. The predicted octanol–water partition coefficient (Wildman–Crippen LogP) is 1.70. The van der Waals surface area contributed by atoms with Crippen LogP contribution in [0.2, 0.25) is 0 Å². The fraction of sp³-hybridized carbons (Fsp3) is 0.400. The summed E-state index contributed by atoms with van der Waals surface area (Å²) in [6.07, 6.45) is 2.17. The van der Waals surface area contributed by atoms with Gasteiger partial charge in [-0.25, -0.2) is 8.42 Å². The van der Waals surface area contributed by atoms with Gasteiger partial charge in [-0.15, -0.1) is 0 Å². The third kappa shape index (κ3) is 2.67. The van der Waals surface area contributed by atoms with Crippen molar-refractivity contribution >= 4 is 10.0 Å². The van der Waals surface area contributed by atoms with Crippen LogP contribution in [0.4, 0.5) is 0 Å². The standard InChI is InChI=1S/C15H19N3O3S/c1-11-10-18(9-7-13(11)16)22(19,20)15-5-3-2-4-12(15)14-6-8-17-21-14/h2-6,8,11,13H,7,9-10,16H2,1H3. The van der Waals surface area contributed by atoms with Gasteiger partial charge >= 0.3 is 0 Å². The normalized spacial score (nSPS) is 23.5. The lowest BCUT2D eigenvalue weighted by atomic mass is 9.96. The second kappa shape index (κ2) is 5.83. The smallest absolute Gasteiger partial charge is 0.243 e. The number of rotatable bonds is 3. The molecule has 2 N–H and O–H groups in total. The highest BCUT2D eigenvalue weighted by Crippen LogP contribution is 2.31. The van der Waals surface area contributed by atoms with Crippen molar-refractivity contribution in [2.75, 3.05) is 13.1 Å². The number of piperidine rings is 1. The van der Waals surface area contributed by atoms with Gasteiger partial charge in [0.05, 0.1) is 11.1 Å². The van der Waals surface area contributed by atoms with Gasteiger partial charge in [0.1, 0.15) is 0 Å². The van der Waals surface area contributed by atoms with E-state index in [2.05, 4.69) is 5.16 Å². The Morgan fingerprint density at radius 2 is 2.09 bits per heavy atom. The van der Waals surface area contributed by atoms with Crippen LogP contribution in [0.15, 0.2) is 45.9 Å². The summed E-state index contributed by atoms with van der Waals surface area (Å²) in [5, 5.41) is 3.66. The molecule has 22 heavy (non-hydrogen) atoms. The van der Waals surface area contributed by atoms with Gasteiger partial charge in [0.2, 0.25) is 10.0 Å². The summed E-state index contributed by atoms with van der Waals surface area (Å²) in [7, 11) is -3.59. The van der Waals surface area contributed by atoms with Crippen LogP contribution >= 0.6 is 0 Å². The first-order chi connectivity index (χ1) is 10.5. The van der Waals surface area contributed by atoms with E-state index < -0.39 is 10.0 Å². The van der Waals surface area contributed by atoms with Crippen molar-refractivity contribution in [3.8, 4) is 11.3 Å². The zero-order chi connectivity index (χ0) is 15.7. The Labute approximate surface area is 129 Å². The molecule has 1 saturated heterocycles. The Hall–Kier alpha value is -1.70. The molecule has 0 radical (unpaired) electrons. The first-order valence-corrected chi connectivity index (χ1v) is 8.70. The van der Waals surface area contributed by atoms with E-state index in [1.54, 1.807) is 30.3 Å². The van der Waals surface area contributed by atoms with Crippen LogP contribution in [0.1, 0.15) is 13.3 Å². The minimum Gasteiger partial charge on any atom is -0.356 e. The first-order valence-electron chi connectivity index (χ1n) is 7.26. The Balaban J connectivity index is 2.00. The van der Waals surface area contributed by atoms with Crippen molar-refractivity contribution in [1.29, 1.82) is 0 Å². The van der Waals surface area contributed by atoms with E-state index in [0.717, 1.165) is 0 Å². The van der Waals surface area contributed by atoms with Crippen LogP contribution in [0.3, 0.4) is 0 Å². The minimum atomic E-state index is -3.59. The molecule has 2 unspecified atom stereocenters. The van der Waals surface area contributed by atoms with E-state index >= 15 is 0 Å². The number of hydrogen-bond donors (Lipinski definition) is 1. The van der Waals surface area contributed by atoms with Crippen LogP contribution in [0.5, 0.6) is 0 Å². The molecule has 0 saturated carbocycles. The number of benzene rings is 1. The third-order valence-corrected chi connectivity index (χ3v) is 6.07. The van der Waals surface area contributed by atoms with Crippen LogP contribution in [-0.4, -0.2) is 37.0 Å². The second-order valence-electron chi connectivity index (χ2n) is 5.67. The van der Waals surface area contributed by atoms with Crippen LogP contribution in [0.25, 0.3) is 11.3 Å². The predicted molar refractivity (Wildman–Crippen MR) is 82.5 cm³/mol. The molecular formula is C15H19N3O3S. The molecule has 1 aromatic heterocycles. The molecule has 2 atom stereocenters. The molecule has 2 heterocycles. The Morgan fingerprint density at radius 3 is 2.77 bits per heavy atom. The van der Waals surface area contributed by atoms with Crippen molar-refractivity contribution < 1.29 is 12.9 Å². The minimum absolute atomic E-state index is 0.0518. The maximum absolute atomic E-state index is 13.0. The second-order valence-corrected chi connectivity index (χ2v) is 7.57. The topological polar surface area (TPSA) is 89.4 Å². The molecule has 1 aromatic carbocycles. The Morgan fingerprint density at radius 1 is 1.32 bits per heavy atom. The van der Waals surface area contributed by atoms with Crippen molar-refractivity contribution in [2.45, 2.75) is 24.3 Å². The molecule has 118 valence electrons. The molecule has 2 aromatic rings. The summed E-state index contributed by atoms with van der Waals surface area (Å²) in [4.78, 5) is 0.245. The fourth-order valence-corrected chi connectivity index (χ4v) is 4.49. The average molecular weight is 321 g/mol. The van der Waals surface area contributed by atoms with E-state index in [1.807, 2.05) is 6.92 Å². The van der Waals surface area contributed by atoms with Gasteiger partial charge < -0.3 is 10.3 Å². The molecule has 0 spiro atoms. The molecule has 3 rings (SSSR count). The van der Waals surface area contributed by atoms with Crippen molar-refractivity contribution in [1.82, 2.24) is 9.46 Å². The van der Waals surface area contributed by atoms with Crippen LogP contribution in [0, 0.1) is 5.92 Å². The molecule has 0 bridgehead atoms. The lowest BCUT2D eigenvalue weighted by molar-refractivity contribution is 0.250.